The van der Waals surface area contributed by atoms with Crippen molar-refractivity contribution in [2.24, 2.45) is 10.9 Å². The minimum Gasteiger partial charge on any atom is -0.497 e. The number of rotatable bonds is 3. The van der Waals surface area contributed by atoms with E-state index in [0.29, 0.717) is 25.4 Å². The van der Waals surface area contributed by atoms with E-state index in [1.807, 2.05) is 47.4 Å². The van der Waals surface area contributed by atoms with Crippen LogP contribution in [0.3, 0.4) is 0 Å². The van der Waals surface area contributed by atoms with Gasteiger partial charge in [-0.2, -0.15) is 0 Å². The van der Waals surface area contributed by atoms with Gasteiger partial charge in [0, 0.05) is 32.6 Å². The Morgan fingerprint density at radius 1 is 1.10 bits per heavy atom. The second kappa shape index (κ2) is 8.15. The Bertz CT molecular complexity index is 931. The maximum atomic E-state index is 12.4. The fourth-order valence-electron chi connectivity index (χ4n) is 3.72. The number of para-hydroxylation sites is 2. The summed E-state index contributed by atoms with van der Waals surface area (Å²) in [7, 11) is 1.66. The van der Waals surface area contributed by atoms with Crippen molar-refractivity contribution in [1.29, 1.82) is 0 Å². The first-order valence-electron chi connectivity index (χ1n) is 10.1. The molecule has 0 bridgehead atoms. The molecule has 0 saturated carbocycles. The summed E-state index contributed by atoms with van der Waals surface area (Å²) in [5.74, 6) is 3.72. The molecular weight excluding hydrogens is 366 g/mol. The minimum absolute atomic E-state index is 0.234. The lowest BCUT2D eigenvalue weighted by atomic mass is 10.1. The number of piperazine rings is 1. The zero-order chi connectivity index (χ0) is 20.4. The van der Waals surface area contributed by atoms with Gasteiger partial charge in [-0.25, -0.2) is 4.99 Å². The van der Waals surface area contributed by atoms with Crippen LogP contribution in [0.2, 0.25) is 0 Å². The molecule has 6 heteroatoms. The third-order valence-electron chi connectivity index (χ3n) is 5.25. The van der Waals surface area contributed by atoms with Crippen LogP contribution in [0.5, 0.6) is 17.2 Å². The van der Waals surface area contributed by atoms with Crippen molar-refractivity contribution >= 4 is 17.4 Å². The van der Waals surface area contributed by atoms with Crippen LogP contribution in [0.4, 0.5) is 5.69 Å². The fraction of sp³-hybridized carbons (Fsp3) is 0.391. The molecule has 0 N–H and O–H groups in total. The molecule has 0 spiro atoms. The van der Waals surface area contributed by atoms with Crippen LogP contribution in [0.1, 0.15) is 25.8 Å². The minimum atomic E-state index is 0.234. The number of nitrogens with zero attached hydrogens (tertiary/aromatic N) is 3. The number of hydrogen-bond donors (Lipinski definition) is 0. The second-order valence-electron chi connectivity index (χ2n) is 7.83. The molecule has 152 valence electrons. The maximum Gasteiger partial charge on any atom is 0.222 e. The van der Waals surface area contributed by atoms with Gasteiger partial charge in [-0.1, -0.05) is 26.0 Å². The van der Waals surface area contributed by atoms with Gasteiger partial charge >= 0.3 is 0 Å². The molecule has 4 rings (SSSR count). The highest BCUT2D eigenvalue weighted by Gasteiger charge is 2.28. The molecule has 1 saturated heterocycles. The summed E-state index contributed by atoms with van der Waals surface area (Å²) in [6, 6.07) is 13.6. The van der Waals surface area contributed by atoms with Crippen molar-refractivity contribution in [3.63, 3.8) is 0 Å². The van der Waals surface area contributed by atoms with E-state index >= 15 is 0 Å². The van der Waals surface area contributed by atoms with Gasteiger partial charge in [0.25, 0.3) is 0 Å². The van der Waals surface area contributed by atoms with Crippen LogP contribution >= 0.6 is 0 Å². The van der Waals surface area contributed by atoms with Gasteiger partial charge in [0.05, 0.1) is 12.7 Å². The SMILES string of the molecule is COc1ccc2c(c1)C(N1CCN(C(=O)CC(C)C)CC1)=Nc1ccccc1O2. The van der Waals surface area contributed by atoms with E-state index in [1.165, 1.54) is 0 Å². The summed E-state index contributed by atoms with van der Waals surface area (Å²) in [6.07, 6.45) is 0.599. The average Bonchev–Trinajstić information content (AvgIpc) is 2.89. The lowest BCUT2D eigenvalue weighted by molar-refractivity contribution is -0.133. The van der Waals surface area contributed by atoms with Crippen molar-refractivity contribution in [2.75, 3.05) is 33.3 Å². The Hall–Kier alpha value is -3.02. The summed E-state index contributed by atoms with van der Waals surface area (Å²) >= 11 is 0. The Morgan fingerprint density at radius 3 is 2.59 bits per heavy atom. The van der Waals surface area contributed by atoms with Crippen LogP contribution in [0.25, 0.3) is 0 Å². The highest BCUT2D eigenvalue weighted by Crippen LogP contribution is 2.39. The normalized spacial score (nSPS) is 15.8. The summed E-state index contributed by atoms with van der Waals surface area (Å²) < 4.78 is 11.6. The third-order valence-corrected chi connectivity index (χ3v) is 5.25. The Balaban J connectivity index is 1.64. The predicted molar refractivity (Wildman–Crippen MR) is 113 cm³/mol. The molecule has 0 atom stereocenters. The summed E-state index contributed by atoms with van der Waals surface area (Å²) in [4.78, 5) is 21.6. The zero-order valence-electron chi connectivity index (χ0n) is 17.2. The van der Waals surface area contributed by atoms with Crippen molar-refractivity contribution < 1.29 is 14.3 Å². The number of carbonyl (C=O) groups excluding carboxylic acids is 1. The molecule has 2 aromatic carbocycles. The highest BCUT2D eigenvalue weighted by molar-refractivity contribution is 6.04. The lowest BCUT2D eigenvalue weighted by Gasteiger charge is -2.37. The van der Waals surface area contributed by atoms with Gasteiger partial charge in [-0.3, -0.25) is 4.79 Å². The zero-order valence-corrected chi connectivity index (χ0v) is 17.2. The van der Waals surface area contributed by atoms with Gasteiger partial charge in [0.2, 0.25) is 5.91 Å². The molecule has 1 amide bonds. The average molecular weight is 393 g/mol. The molecule has 0 unspecified atom stereocenters. The summed E-state index contributed by atoms with van der Waals surface area (Å²) in [5.41, 5.74) is 1.71. The molecule has 29 heavy (non-hydrogen) atoms. The number of hydrogen-bond acceptors (Lipinski definition) is 5. The quantitative estimate of drug-likeness (QED) is 0.789. The van der Waals surface area contributed by atoms with Gasteiger partial charge in [-0.05, 0) is 36.2 Å². The number of benzene rings is 2. The number of aliphatic imine (C=N–C) groups is 1. The van der Waals surface area contributed by atoms with Crippen molar-refractivity contribution in [3.8, 4) is 17.2 Å². The van der Waals surface area contributed by atoms with Crippen LogP contribution in [0.15, 0.2) is 47.5 Å². The molecule has 2 aliphatic heterocycles. The molecule has 2 aromatic rings. The topological polar surface area (TPSA) is 54.4 Å². The van der Waals surface area contributed by atoms with E-state index in [4.69, 9.17) is 14.5 Å². The van der Waals surface area contributed by atoms with Gasteiger partial charge in [0.1, 0.15) is 23.0 Å². The smallest absolute Gasteiger partial charge is 0.222 e. The number of amides is 1. The summed E-state index contributed by atoms with van der Waals surface area (Å²) in [6.45, 7) is 7.04. The number of carbonyl (C=O) groups is 1. The monoisotopic (exact) mass is 393 g/mol. The Kier molecular flexibility index (Phi) is 5.43. The lowest BCUT2D eigenvalue weighted by Crippen LogP contribution is -2.51. The van der Waals surface area contributed by atoms with Crippen LogP contribution in [0, 0.1) is 5.92 Å². The van der Waals surface area contributed by atoms with Crippen LogP contribution in [-0.2, 0) is 4.79 Å². The van der Waals surface area contributed by atoms with E-state index in [9.17, 15) is 4.79 Å². The third kappa shape index (κ3) is 4.06. The molecule has 6 nitrogen and oxygen atoms in total. The fourth-order valence-corrected chi connectivity index (χ4v) is 3.72. The van der Waals surface area contributed by atoms with E-state index in [-0.39, 0.29) is 5.91 Å². The molecule has 0 aliphatic carbocycles. The van der Waals surface area contributed by atoms with Crippen molar-refractivity contribution in [1.82, 2.24) is 9.80 Å². The number of amidine groups is 1. The number of ether oxygens (including phenoxy) is 2. The second-order valence-corrected chi connectivity index (χ2v) is 7.83. The van der Waals surface area contributed by atoms with E-state index < -0.39 is 0 Å². The Labute approximate surface area is 171 Å². The maximum absolute atomic E-state index is 12.4. The molecule has 2 aliphatic rings. The number of fused-ring (bicyclic) bond motifs is 2. The first-order chi connectivity index (χ1) is 14.0. The largest absolute Gasteiger partial charge is 0.497 e. The van der Waals surface area contributed by atoms with Crippen LogP contribution in [-0.4, -0.2) is 54.8 Å². The molecule has 2 heterocycles. The van der Waals surface area contributed by atoms with Crippen molar-refractivity contribution in [3.05, 3.63) is 48.0 Å². The molecule has 0 aromatic heterocycles. The predicted octanol–water partition coefficient (Wildman–Crippen LogP) is 4.07. The first-order valence-corrected chi connectivity index (χ1v) is 10.1. The standard InChI is InChI=1S/C23H27N3O3/c1-16(2)14-22(27)25-10-12-26(13-11-25)23-18-15-17(28-3)8-9-20(18)29-21-7-5-4-6-19(21)24-23/h4-9,15-16H,10-14H2,1-3H3. The Morgan fingerprint density at radius 2 is 1.86 bits per heavy atom. The van der Waals surface area contributed by atoms with Gasteiger partial charge in [0.15, 0.2) is 5.75 Å². The van der Waals surface area contributed by atoms with E-state index in [0.717, 1.165) is 47.4 Å². The van der Waals surface area contributed by atoms with E-state index in [1.54, 1.807) is 7.11 Å². The first kappa shape index (κ1) is 19.3. The van der Waals surface area contributed by atoms with Gasteiger partial charge in [-0.15, -0.1) is 0 Å². The summed E-state index contributed by atoms with van der Waals surface area (Å²) in [5, 5.41) is 0. The van der Waals surface area contributed by atoms with E-state index in [2.05, 4.69) is 18.7 Å². The number of methoxy groups -OCH3 is 1. The molecule has 1 fully saturated rings. The van der Waals surface area contributed by atoms with Crippen LogP contribution < -0.4 is 9.47 Å². The molecular formula is C23H27N3O3. The van der Waals surface area contributed by atoms with Crippen molar-refractivity contribution in [2.45, 2.75) is 20.3 Å². The highest BCUT2D eigenvalue weighted by atomic mass is 16.5. The van der Waals surface area contributed by atoms with Gasteiger partial charge < -0.3 is 19.3 Å². The molecule has 0 radical (unpaired) electrons.